The van der Waals surface area contributed by atoms with Crippen molar-refractivity contribution in [2.24, 2.45) is 0 Å². The average molecular weight is 496 g/mol. The van der Waals surface area contributed by atoms with Crippen LogP contribution in [0.5, 0.6) is 0 Å². The number of aromatic nitrogens is 3. The summed E-state index contributed by atoms with van der Waals surface area (Å²) in [6, 6.07) is 16.7. The molecule has 8 nitrogen and oxygen atoms in total. The number of carbonyl (C=O) groups excluding carboxylic acids is 1. The highest BCUT2D eigenvalue weighted by atomic mass is 35.5. The van der Waals surface area contributed by atoms with E-state index in [0.717, 1.165) is 22.4 Å². The summed E-state index contributed by atoms with van der Waals surface area (Å²) in [6.07, 6.45) is 3.04. The molecule has 1 aromatic heterocycles. The predicted octanol–water partition coefficient (Wildman–Crippen LogP) is 4.27. The molecule has 0 radical (unpaired) electrons. The van der Waals surface area contributed by atoms with Crippen LogP contribution in [0.25, 0.3) is 5.69 Å². The number of hydrogen-bond acceptors (Lipinski definition) is 5. The van der Waals surface area contributed by atoms with Crippen molar-refractivity contribution in [3.8, 4) is 5.69 Å². The molecular weight excluding hydrogens is 474 g/mol. The Morgan fingerprint density at radius 2 is 1.76 bits per heavy atom. The average Bonchev–Trinajstić information content (AvgIpc) is 3.35. The summed E-state index contributed by atoms with van der Waals surface area (Å²) in [4.78, 5) is 16.6. The van der Waals surface area contributed by atoms with Crippen molar-refractivity contribution < 1.29 is 13.2 Å². The van der Waals surface area contributed by atoms with Crippen molar-refractivity contribution in [1.29, 1.82) is 0 Å². The van der Waals surface area contributed by atoms with E-state index in [1.807, 2.05) is 44.2 Å². The van der Waals surface area contributed by atoms with Gasteiger partial charge in [-0.15, -0.1) is 0 Å². The van der Waals surface area contributed by atoms with Gasteiger partial charge in [-0.3, -0.25) is 9.52 Å². The minimum atomic E-state index is -3.91. The normalized spacial score (nSPS) is 11.3. The maximum Gasteiger partial charge on any atom is 0.261 e. The summed E-state index contributed by atoms with van der Waals surface area (Å²) >= 11 is 6.21. The number of anilines is 1. The lowest BCUT2D eigenvalue weighted by Crippen LogP contribution is -2.24. The van der Waals surface area contributed by atoms with Crippen molar-refractivity contribution >= 4 is 33.2 Å². The van der Waals surface area contributed by atoms with Gasteiger partial charge in [-0.2, -0.15) is 5.10 Å². The summed E-state index contributed by atoms with van der Waals surface area (Å²) in [5.74, 6) is -0.478. The Kier molecular flexibility index (Phi) is 6.67. The van der Waals surface area contributed by atoms with E-state index in [0.29, 0.717) is 5.69 Å². The summed E-state index contributed by atoms with van der Waals surface area (Å²) in [7, 11) is -3.91. The van der Waals surface area contributed by atoms with Gasteiger partial charge in [0.1, 0.15) is 12.7 Å². The number of carbonyl (C=O) groups is 1. The predicted molar refractivity (Wildman–Crippen MR) is 131 cm³/mol. The fourth-order valence-electron chi connectivity index (χ4n) is 3.25. The van der Waals surface area contributed by atoms with E-state index in [1.165, 1.54) is 24.5 Å². The zero-order valence-electron chi connectivity index (χ0n) is 18.5. The highest BCUT2D eigenvalue weighted by molar-refractivity contribution is 7.92. The molecule has 0 unspecified atom stereocenters. The Balaban J connectivity index is 1.47. The molecule has 0 atom stereocenters. The summed E-state index contributed by atoms with van der Waals surface area (Å²) in [6.45, 7) is 4.09. The van der Waals surface area contributed by atoms with E-state index in [2.05, 4.69) is 20.1 Å². The molecule has 1 amide bonds. The molecule has 174 valence electrons. The zero-order chi connectivity index (χ0) is 24.3. The maximum absolute atomic E-state index is 12.9. The van der Waals surface area contributed by atoms with Gasteiger partial charge in [0.05, 0.1) is 21.2 Å². The van der Waals surface area contributed by atoms with Gasteiger partial charge in [0.25, 0.3) is 15.9 Å². The van der Waals surface area contributed by atoms with E-state index < -0.39 is 15.9 Å². The number of hydrogen-bond donors (Lipinski definition) is 2. The van der Waals surface area contributed by atoms with Gasteiger partial charge in [0.2, 0.25) is 0 Å². The number of rotatable bonds is 7. The van der Waals surface area contributed by atoms with Crippen LogP contribution in [0.1, 0.15) is 27.0 Å². The Bertz CT molecular complexity index is 1440. The molecule has 2 N–H and O–H groups in total. The van der Waals surface area contributed by atoms with Crippen molar-refractivity contribution in [1.82, 2.24) is 20.1 Å². The number of nitrogens with one attached hydrogen (secondary N) is 2. The molecule has 0 aliphatic heterocycles. The number of benzene rings is 3. The first-order chi connectivity index (χ1) is 16.2. The lowest BCUT2D eigenvalue weighted by Gasteiger charge is -2.12. The molecule has 3 aromatic carbocycles. The van der Waals surface area contributed by atoms with Gasteiger partial charge in [0.15, 0.2) is 0 Å². The SMILES string of the molecule is Cc1ccc(NS(=O)(=O)c2ccc(Cl)c(C(=O)NCc3ccc(-n4cncn4)cc3)c2)cc1C. The highest BCUT2D eigenvalue weighted by Crippen LogP contribution is 2.24. The molecule has 0 bridgehead atoms. The minimum absolute atomic E-state index is 0.0579. The standard InChI is InChI=1S/C24H22ClN5O3S/c1-16-3-6-19(11-17(16)2)29-34(32,33)21-9-10-23(25)22(12-21)24(31)27-13-18-4-7-20(8-5-18)30-15-26-14-28-30/h3-12,14-15,29H,13H2,1-2H3,(H,27,31). The highest BCUT2D eigenvalue weighted by Gasteiger charge is 2.19. The van der Waals surface area contributed by atoms with Gasteiger partial charge in [0, 0.05) is 12.2 Å². The molecule has 0 aliphatic carbocycles. The molecule has 34 heavy (non-hydrogen) atoms. The molecular formula is C24H22ClN5O3S. The van der Waals surface area contributed by atoms with E-state index in [9.17, 15) is 13.2 Å². The Morgan fingerprint density at radius 1 is 1.00 bits per heavy atom. The van der Waals surface area contributed by atoms with Crippen LogP contribution < -0.4 is 10.0 Å². The molecule has 0 spiro atoms. The molecule has 4 rings (SSSR count). The van der Waals surface area contributed by atoms with Gasteiger partial charge in [-0.1, -0.05) is 29.8 Å². The Hall–Kier alpha value is -3.69. The molecule has 0 aliphatic rings. The fourth-order valence-corrected chi connectivity index (χ4v) is 4.53. The first-order valence-electron chi connectivity index (χ1n) is 10.3. The van der Waals surface area contributed by atoms with E-state index in [-0.39, 0.29) is 22.0 Å². The van der Waals surface area contributed by atoms with Crippen LogP contribution in [-0.2, 0) is 16.6 Å². The number of amides is 1. The number of nitrogens with zero attached hydrogens (tertiary/aromatic N) is 3. The fraction of sp³-hybridized carbons (Fsp3) is 0.125. The third-order valence-corrected chi connectivity index (χ3v) is 7.03. The van der Waals surface area contributed by atoms with Gasteiger partial charge in [-0.25, -0.2) is 18.1 Å². The van der Waals surface area contributed by atoms with Crippen molar-refractivity contribution in [3.63, 3.8) is 0 Å². The third kappa shape index (κ3) is 5.27. The molecule has 0 saturated carbocycles. The van der Waals surface area contributed by atoms with E-state index >= 15 is 0 Å². The second-order valence-electron chi connectivity index (χ2n) is 7.74. The topological polar surface area (TPSA) is 106 Å². The smallest absolute Gasteiger partial charge is 0.261 e. The van der Waals surface area contributed by atoms with Crippen LogP contribution in [0.3, 0.4) is 0 Å². The monoisotopic (exact) mass is 495 g/mol. The van der Waals surface area contributed by atoms with Gasteiger partial charge >= 0.3 is 0 Å². The van der Waals surface area contributed by atoms with Crippen LogP contribution in [0.15, 0.2) is 78.2 Å². The molecule has 1 heterocycles. The van der Waals surface area contributed by atoms with Crippen molar-refractivity contribution in [3.05, 3.63) is 101 Å². The van der Waals surface area contributed by atoms with Crippen LogP contribution in [-0.4, -0.2) is 29.1 Å². The Labute approximate surface area is 202 Å². The summed E-state index contributed by atoms with van der Waals surface area (Å²) in [5, 5.41) is 7.00. The van der Waals surface area contributed by atoms with Crippen molar-refractivity contribution in [2.45, 2.75) is 25.3 Å². The van der Waals surface area contributed by atoms with Gasteiger partial charge < -0.3 is 5.32 Å². The van der Waals surface area contributed by atoms with Crippen LogP contribution in [0.2, 0.25) is 5.02 Å². The number of halogens is 1. The molecule has 0 saturated heterocycles. The molecule has 10 heteroatoms. The first-order valence-corrected chi connectivity index (χ1v) is 12.2. The van der Waals surface area contributed by atoms with Crippen LogP contribution in [0, 0.1) is 13.8 Å². The second-order valence-corrected chi connectivity index (χ2v) is 9.82. The quantitative estimate of drug-likeness (QED) is 0.398. The van der Waals surface area contributed by atoms with Crippen LogP contribution >= 0.6 is 11.6 Å². The number of aryl methyl sites for hydroxylation is 2. The van der Waals surface area contributed by atoms with Crippen molar-refractivity contribution in [2.75, 3.05) is 4.72 Å². The molecule has 0 fully saturated rings. The summed E-state index contributed by atoms with van der Waals surface area (Å²) in [5.41, 5.74) is 4.23. The summed E-state index contributed by atoms with van der Waals surface area (Å²) < 4.78 is 30.0. The van der Waals surface area contributed by atoms with Gasteiger partial charge in [-0.05, 0) is 73.0 Å². The lowest BCUT2D eigenvalue weighted by molar-refractivity contribution is 0.0951. The minimum Gasteiger partial charge on any atom is -0.348 e. The number of sulfonamides is 1. The molecule has 4 aromatic rings. The largest absolute Gasteiger partial charge is 0.348 e. The van der Waals surface area contributed by atoms with Crippen LogP contribution in [0.4, 0.5) is 5.69 Å². The van der Waals surface area contributed by atoms with E-state index in [1.54, 1.807) is 23.1 Å². The zero-order valence-corrected chi connectivity index (χ0v) is 20.1. The maximum atomic E-state index is 12.9. The third-order valence-electron chi connectivity index (χ3n) is 5.32. The Morgan fingerprint density at radius 3 is 2.44 bits per heavy atom. The second kappa shape index (κ2) is 9.66. The lowest BCUT2D eigenvalue weighted by atomic mass is 10.1. The first kappa shape index (κ1) is 23.5. The van der Waals surface area contributed by atoms with E-state index in [4.69, 9.17) is 11.6 Å².